The molecular weight excluding hydrogens is 439 g/mol. The molecular formula is C20H33IN4O. The second-order valence-electron chi connectivity index (χ2n) is 6.98. The van der Waals surface area contributed by atoms with Gasteiger partial charge in [0.1, 0.15) is 0 Å². The SMILES string of the molecule is CCCC(=O)Nc1cccc(CNC(=NC)NCC2(CC)CCC2)c1.I. The minimum absolute atomic E-state index is 0. The number of anilines is 1. The molecule has 26 heavy (non-hydrogen) atoms. The highest BCUT2D eigenvalue weighted by Gasteiger charge is 2.34. The van der Waals surface area contributed by atoms with Crippen LogP contribution in [0.15, 0.2) is 29.3 Å². The van der Waals surface area contributed by atoms with Crippen molar-refractivity contribution in [3.05, 3.63) is 29.8 Å². The van der Waals surface area contributed by atoms with E-state index in [1.54, 1.807) is 7.05 Å². The minimum atomic E-state index is 0. The number of hydrogen-bond acceptors (Lipinski definition) is 2. The second-order valence-corrected chi connectivity index (χ2v) is 6.98. The van der Waals surface area contributed by atoms with Crippen LogP contribution >= 0.6 is 24.0 Å². The van der Waals surface area contributed by atoms with E-state index in [0.717, 1.165) is 30.2 Å². The molecule has 0 atom stereocenters. The number of carbonyl (C=O) groups excluding carboxylic acids is 1. The van der Waals surface area contributed by atoms with Crippen LogP contribution in [0.1, 0.15) is 57.9 Å². The summed E-state index contributed by atoms with van der Waals surface area (Å²) < 4.78 is 0. The summed E-state index contributed by atoms with van der Waals surface area (Å²) >= 11 is 0. The lowest BCUT2D eigenvalue weighted by atomic mass is 9.67. The molecule has 0 bridgehead atoms. The van der Waals surface area contributed by atoms with E-state index < -0.39 is 0 Å². The van der Waals surface area contributed by atoms with Crippen molar-refractivity contribution >= 4 is 41.5 Å². The summed E-state index contributed by atoms with van der Waals surface area (Å²) in [6, 6.07) is 7.95. The maximum Gasteiger partial charge on any atom is 0.224 e. The van der Waals surface area contributed by atoms with E-state index in [-0.39, 0.29) is 29.9 Å². The molecule has 0 heterocycles. The number of benzene rings is 1. The lowest BCUT2D eigenvalue weighted by molar-refractivity contribution is -0.116. The average Bonchev–Trinajstić information content (AvgIpc) is 2.57. The zero-order valence-electron chi connectivity index (χ0n) is 16.2. The van der Waals surface area contributed by atoms with Crippen LogP contribution in [0.3, 0.4) is 0 Å². The van der Waals surface area contributed by atoms with Gasteiger partial charge in [0.15, 0.2) is 5.96 Å². The van der Waals surface area contributed by atoms with Crippen LogP contribution in [0.2, 0.25) is 0 Å². The van der Waals surface area contributed by atoms with E-state index in [1.807, 2.05) is 25.1 Å². The number of aliphatic imine (C=N–C) groups is 1. The molecule has 3 N–H and O–H groups in total. The number of nitrogens with zero attached hydrogens (tertiary/aromatic N) is 1. The zero-order chi connectivity index (χ0) is 18.1. The maximum atomic E-state index is 11.7. The van der Waals surface area contributed by atoms with Crippen molar-refractivity contribution in [2.45, 2.75) is 58.9 Å². The molecule has 146 valence electrons. The predicted octanol–water partition coefficient (Wildman–Crippen LogP) is 4.29. The molecule has 1 aliphatic rings. The standard InChI is InChI=1S/C20H32N4O.HI/c1-4-8-18(25)24-17-10-6-9-16(13-17)14-22-19(21-3)23-15-20(5-2)11-7-12-20;/h6,9-10,13H,4-5,7-8,11-12,14-15H2,1-3H3,(H,24,25)(H2,21,22,23);1H. The first kappa shape index (κ1) is 22.7. The molecule has 2 rings (SSSR count). The van der Waals surface area contributed by atoms with Crippen LogP contribution in [-0.4, -0.2) is 25.5 Å². The van der Waals surface area contributed by atoms with E-state index >= 15 is 0 Å². The molecule has 1 aliphatic carbocycles. The van der Waals surface area contributed by atoms with Gasteiger partial charge in [-0.3, -0.25) is 9.79 Å². The fraction of sp³-hybridized carbons (Fsp3) is 0.600. The Hall–Kier alpha value is -1.31. The van der Waals surface area contributed by atoms with Crippen molar-refractivity contribution in [2.24, 2.45) is 10.4 Å². The molecule has 0 unspecified atom stereocenters. The smallest absolute Gasteiger partial charge is 0.224 e. The third-order valence-corrected chi connectivity index (χ3v) is 5.17. The van der Waals surface area contributed by atoms with Gasteiger partial charge in [0.25, 0.3) is 0 Å². The van der Waals surface area contributed by atoms with Gasteiger partial charge in [-0.25, -0.2) is 0 Å². The Balaban J connectivity index is 0.00000338. The first-order valence-electron chi connectivity index (χ1n) is 9.44. The van der Waals surface area contributed by atoms with Gasteiger partial charge in [-0.15, -0.1) is 24.0 Å². The van der Waals surface area contributed by atoms with Gasteiger partial charge in [-0.2, -0.15) is 0 Å². The highest BCUT2D eigenvalue weighted by molar-refractivity contribution is 14.0. The third-order valence-electron chi connectivity index (χ3n) is 5.17. The maximum absolute atomic E-state index is 11.7. The van der Waals surface area contributed by atoms with Crippen molar-refractivity contribution < 1.29 is 4.79 Å². The van der Waals surface area contributed by atoms with Crippen LogP contribution in [0, 0.1) is 5.41 Å². The Labute approximate surface area is 174 Å². The Morgan fingerprint density at radius 1 is 1.23 bits per heavy atom. The van der Waals surface area contributed by atoms with Crippen molar-refractivity contribution in [1.82, 2.24) is 10.6 Å². The van der Waals surface area contributed by atoms with Crippen LogP contribution in [0.4, 0.5) is 5.69 Å². The highest BCUT2D eigenvalue weighted by Crippen LogP contribution is 2.42. The van der Waals surface area contributed by atoms with Gasteiger partial charge in [-0.1, -0.05) is 32.4 Å². The topological polar surface area (TPSA) is 65.5 Å². The second kappa shape index (κ2) is 11.4. The number of hydrogen-bond donors (Lipinski definition) is 3. The predicted molar refractivity (Wildman–Crippen MR) is 120 cm³/mol. The average molecular weight is 472 g/mol. The normalized spacial score (nSPS) is 15.4. The summed E-state index contributed by atoms with van der Waals surface area (Å²) in [5.74, 6) is 0.899. The molecule has 0 aliphatic heterocycles. The fourth-order valence-electron chi connectivity index (χ4n) is 3.22. The molecule has 1 saturated carbocycles. The lowest BCUT2D eigenvalue weighted by Gasteiger charge is -2.41. The highest BCUT2D eigenvalue weighted by atomic mass is 127. The molecule has 6 heteroatoms. The molecule has 1 aromatic carbocycles. The van der Waals surface area contributed by atoms with Crippen LogP contribution in [-0.2, 0) is 11.3 Å². The fourth-order valence-corrected chi connectivity index (χ4v) is 3.22. The number of amides is 1. The molecule has 1 fully saturated rings. The zero-order valence-corrected chi connectivity index (χ0v) is 18.6. The number of guanidine groups is 1. The summed E-state index contributed by atoms with van der Waals surface area (Å²) in [6.45, 7) is 5.94. The Bertz CT molecular complexity index is 594. The van der Waals surface area contributed by atoms with Gasteiger partial charge in [-0.05, 0) is 48.8 Å². The Morgan fingerprint density at radius 2 is 2.00 bits per heavy atom. The summed E-state index contributed by atoms with van der Waals surface area (Å²) in [5, 5.41) is 9.77. The number of rotatable bonds is 8. The first-order valence-corrected chi connectivity index (χ1v) is 9.44. The van der Waals surface area contributed by atoms with Crippen LogP contribution in [0.5, 0.6) is 0 Å². The van der Waals surface area contributed by atoms with Gasteiger partial charge in [0.2, 0.25) is 5.91 Å². The molecule has 0 aromatic heterocycles. The van der Waals surface area contributed by atoms with Crippen molar-refractivity contribution in [1.29, 1.82) is 0 Å². The van der Waals surface area contributed by atoms with Gasteiger partial charge < -0.3 is 16.0 Å². The number of carbonyl (C=O) groups is 1. The lowest BCUT2D eigenvalue weighted by Crippen LogP contribution is -2.46. The van der Waals surface area contributed by atoms with Gasteiger partial charge >= 0.3 is 0 Å². The van der Waals surface area contributed by atoms with Crippen LogP contribution in [0.25, 0.3) is 0 Å². The van der Waals surface area contributed by atoms with Crippen molar-refractivity contribution in [3.8, 4) is 0 Å². The Morgan fingerprint density at radius 3 is 2.58 bits per heavy atom. The summed E-state index contributed by atoms with van der Waals surface area (Å²) in [7, 11) is 1.80. The number of nitrogens with one attached hydrogen (secondary N) is 3. The van der Waals surface area contributed by atoms with E-state index in [9.17, 15) is 4.79 Å². The first-order chi connectivity index (χ1) is 12.1. The van der Waals surface area contributed by atoms with Crippen molar-refractivity contribution in [3.63, 3.8) is 0 Å². The third kappa shape index (κ3) is 6.78. The Kier molecular flexibility index (Phi) is 9.98. The van der Waals surface area contributed by atoms with E-state index in [1.165, 1.54) is 25.7 Å². The van der Waals surface area contributed by atoms with E-state index in [2.05, 4.69) is 33.9 Å². The monoisotopic (exact) mass is 472 g/mol. The molecule has 5 nitrogen and oxygen atoms in total. The van der Waals surface area contributed by atoms with Gasteiger partial charge in [0.05, 0.1) is 0 Å². The largest absolute Gasteiger partial charge is 0.356 e. The molecule has 1 amide bonds. The molecule has 0 spiro atoms. The molecule has 0 radical (unpaired) electrons. The van der Waals surface area contributed by atoms with E-state index in [0.29, 0.717) is 18.4 Å². The van der Waals surface area contributed by atoms with Gasteiger partial charge in [0, 0.05) is 32.2 Å². The number of halogens is 1. The van der Waals surface area contributed by atoms with E-state index in [4.69, 9.17) is 0 Å². The summed E-state index contributed by atoms with van der Waals surface area (Å²) in [6.07, 6.45) is 6.60. The molecule has 1 aromatic rings. The van der Waals surface area contributed by atoms with Crippen LogP contribution < -0.4 is 16.0 Å². The summed E-state index contributed by atoms with van der Waals surface area (Å²) in [5.41, 5.74) is 2.42. The van der Waals surface area contributed by atoms with Crippen molar-refractivity contribution in [2.75, 3.05) is 18.9 Å². The minimum Gasteiger partial charge on any atom is -0.356 e. The quantitative estimate of drug-likeness (QED) is 0.301. The molecule has 0 saturated heterocycles. The summed E-state index contributed by atoms with van der Waals surface area (Å²) in [4.78, 5) is 16.0.